The molecule has 0 spiro atoms. The van der Waals surface area contributed by atoms with Gasteiger partial charge in [-0.3, -0.25) is 0 Å². The minimum atomic E-state index is 0.345. The van der Waals surface area contributed by atoms with Crippen LogP contribution in [-0.4, -0.2) is 18.8 Å². The summed E-state index contributed by atoms with van der Waals surface area (Å²) >= 11 is 0. The number of nitrogens with one attached hydrogen (secondary N) is 1. The lowest BCUT2D eigenvalue weighted by Gasteiger charge is -2.25. The van der Waals surface area contributed by atoms with Crippen molar-refractivity contribution in [3.8, 4) is 0 Å². The van der Waals surface area contributed by atoms with Gasteiger partial charge in [-0.15, -0.1) is 0 Å². The lowest BCUT2D eigenvalue weighted by atomic mass is 9.99. The summed E-state index contributed by atoms with van der Waals surface area (Å²) in [5.74, 6) is 0. The first-order chi connectivity index (χ1) is 8.81. The Bertz CT molecular complexity index is 338. The van der Waals surface area contributed by atoms with Gasteiger partial charge in [0.25, 0.3) is 0 Å². The molecule has 2 nitrogen and oxygen atoms in total. The second kappa shape index (κ2) is 6.91. The highest BCUT2D eigenvalue weighted by Crippen LogP contribution is 2.23. The van der Waals surface area contributed by atoms with E-state index in [4.69, 9.17) is 4.74 Å². The van der Waals surface area contributed by atoms with Gasteiger partial charge in [0.1, 0.15) is 0 Å². The quantitative estimate of drug-likeness (QED) is 0.828. The summed E-state index contributed by atoms with van der Waals surface area (Å²) in [6.45, 7) is 5.32. The molecule has 1 fully saturated rings. The monoisotopic (exact) mass is 247 g/mol. The maximum Gasteiger partial charge on any atom is 0.0700 e. The van der Waals surface area contributed by atoms with Gasteiger partial charge in [0.15, 0.2) is 0 Å². The molecular formula is C16H25NO. The van der Waals surface area contributed by atoms with Crippen molar-refractivity contribution in [1.82, 2.24) is 5.32 Å². The van der Waals surface area contributed by atoms with Crippen molar-refractivity contribution in [2.45, 2.75) is 57.7 Å². The van der Waals surface area contributed by atoms with Gasteiger partial charge >= 0.3 is 0 Å². The fourth-order valence-electron chi connectivity index (χ4n) is 2.65. The van der Waals surface area contributed by atoms with Gasteiger partial charge in [0.05, 0.1) is 6.10 Å². The summed E-state index contributed by atoms with van der Waals surface area (Å²) < 4.78 is 5.64. The van der Waals surface area contributed by atoms with E-state index in [9.17, 15) is 0 Å². The van der Waals surface area contributed by atoms with Crippen molar-refractivity contribution in [2.24, 2.45) is 0 Å². The summed E-state index contributed by atoms with van der Waals surface area (Å²) in [6, 6.07) is 11.8. The lowest BCUT2D eigenvalue weighted by Crippen LogP contribution is -2.37. The van der Waals surface area contributed by atoms with Crippen molar-refractivity contribution >= 4 is 0 Å². The molecule has 1 aromatic carbocycles. The highest BCUT2D eigenvalue weighted by molar-refractivity contribution is 5.19. The Morgan fingerprint density at radius 1 is 1.33 bits per heavy atom. The molecule has 0 radical (unpaired) electrons. The molecule has 100 valence electrons. The third-order valence-electron chi connectivity index (χ3n) is 3.84. The molecule has 2 heteroatoms. The van der Waals surface area contributed by atoms with Crippen LogP contribution in [0.2, 0.25) is 0 Å². The summed E-state index contributed by atoms with van der Waals surface area (Å²) in [5.41, 5.74) is 1.41. The number of hydrogen-bond acceptors (Lipinski definition) is 2. The maximum atomic E-state index is 5.64. The maximum absolute atomic E-state index is 5.64. The average Bonchev–Trinajstić information content (AvgIpc) is 2.81. The topological polar surface area (TPSA) is 21.3 Å². The van der Waals surface area contributed by atoms with Crippen LogP contribution >= 0.6 is 0 Å². The molecule has 3 atom stereocenters. The third kappa shape index (κ3) is 3.56. The van der Waals surface area contributed by atoms with Crippen LogP contribution in [0.5, 0.6) is 0 Å². The van der Waals surface area contributed by atoms with Crippen LogP contribution < -0.4 is 5.32 Å². The SMILES string of the molecule is CCCCC(NC1CCOC1C)c1ccccc1. The Balaban J connectivity index is 2.00. The fourth-order valence-corrected chi connectivity index (χ4v) is 2.65. The van der Waals surface area contributed by atoms with E-state index in [0.29, 0.717) is 18.2 Å². The van der Waals surface area contributed by atoms with Crippen molar-refractivity contribution in [1.29, 1.82) is 0 Å². The highest BCUT2D eigenvalue weighted by atomic mass is 16.5. The molecule has 3 unspecified atom stereocenters. The second-order valence-electron chi connectivity index (χ2n) is 5.24. The summed E-state index contributed by atoms with van der Waals surface area (Å²) in [4.78, 5) is 0. The van der Waals surface area contributed by atoms with Crippen LogP contribution in [0.15, 0.2) is 30.3 Å². The van der Waals surface area contributed by atoms with E-state index in [1.807, 2.05) is 0 Å². The molecule has 0 bridgehead atoms. The van der Waals surface area contributed by atoms with Gasteiger partial charge < -0.3 is 10.1 Å². The Labute approximate surface area is 111 Å². The smallest absolute Gasteiger partial charge is 0.0700 e. The van der Waals surface area contributed by atoms with Gasteiger partial charge in [-0.25, -0.2) is 0 Å². The molecule has 1 aliphatic heterocycles. The molecule has 0 amide bonds. The molecule has 1 aromatic rings. The zero-order chi connectivity index (χ0) is 12.8. The Morgan fingerprint density at radius 2 is 2.11 bits per heavy atom. The van der Waals surface area contributed by atoms with Crippen LogP contribution in [0.25, 0.3) is 0 Å². The van der Waals surface area contributed by atoms with Gasteiger partial charge in [-0.1, -0.05) is 50.1 Å². The molecule has 0 aromatic heterocycles. The molecular weight excluding hydrogens is 222 g/mol. The van der Waals surface area contributed by atoms with E-state index < -0.39 is 0 Å². The largest absolute Gasteiger partial charge is 0.377 e. The van der Waals surface area contributed by atoms with E-state index in [-0.39, 0.29) is 0 Å². The number of unbranched alkanes of at least 4 members (excludes halogenated alkanes) is 1. The van der Waals surface area contributed by atoms with Gasteiger partial charge in [-0.05, 0) is 25.3 Å². The zero-order valence-electron chi connectivity index (χ0n) is 11.6. The van der Waals surface area contributed by atoms with Gasteiger partial charge in [-0.2, -0.15) is 0 Å². The van der Waals surface area contributed by atoms with E-state index in [2.05, 4.69) is 49.5 Å². The number of hydrogen-bond donors (Lipinski definition) is 1. The predicted molar refractivity (Wildman–Crippen MR) is 75.7 cm³/mol. The Hall–Kier alpha value is -0.860. The minimum Gasteiger partial charge on any atom is -0.377 e. The van der Waals surface area contributed by atoms with Crippen molar-refractivity contribution in [3.05, 3.63) is 35.9 Å². The Kier molecular flexibility index (Phi) is 5.21. The summed E-state index contributed by atoms with van der Waals surface area (Å²) in [7, 11) is 0. The van der Waals surface area contributed by atoms with Gasteiger partial charge in [0.2, 0.25) is 0 Å². The van der Waals surface area contributed by atoms with E-state index in [0.717, 1.165) is 13.0 Å². The minimum absolute atomic E-state index is 0.345. The number of ether oxygens (including phenoxy) is 1. The molecule has 1 aliphatic rings. The van der Waals surface area contributed by atoms with E-state index in [1.54, 1.807) is 0 Å². The van der Waals surface area contributed by atoms with Crippen LogP contribution in [0.1, 0.15) is 51.1 Å². The van der Waals surface area contributed by atoms with Gasteiger partial charge in [0, 0.05) is 18.7 Å². The zero-order valence-corrected chi connectivity index (χ0v) is 11.6. The van der Waals surface area contributed by atoms with Crippen molar-refractivity contribution in [2.75, 3.05) is 6.61 Å². The van der Waals surface area contributed by atoms with Crippen LogP contribution in [0.3, 0.4) is 0 Å². The van der Waals surface area contributed by atoms with E-state index >= 15 is 0 Å². The first-order valence-electron chi connectivity index (χ1n) is 7.24. The second-order valence-corrected chi connectivity index (χ2v) is 5.24. The highest BCUT2D eigenvalue weighted by Gasteiger charge is 2.26. The van der Waals surface area contributed by atoms with Crippen LogP contribution in [-0.2, 0) is 4.74 Å². The van der Waals surface area contributed by atoms with Crippen molar-refractivity contribution in [3.63, 3.8) is 0 Å². The standard InChI is InChI=1S/C16H25NO/c1-3-4-10-16(14-8-6-5-7-9-14)17-15-11-12-18-13(15)2/h5-9,13,15-17H,3-4,10-12H2,1-2H3. The molecule has 1 heterocycles. The molecule has 1 N–H and O–H groups in total. The van der Waals surface area contributed by atoms with Crippen molar-refractivity contribution < 1.29 is 4.74 Å². The summed E-state index contributed by atoms with van der Waals surface area (Å²) in [6.07, 6.45) is 5.22. The Morgan fingerprint density at radius 3 is 2.72 bits per heavy atom. The molecule has 0 aliphatic carbocycles. The number of benzene rings is 1. The van der Waals surface area contributed by atoms with E-state index in [1.165, 1.54) is 24.8 Å². The summed E-state index contributed by atoms with van der Waals surface area (Å²) in [5, 5.41) is 3.79. The van der Waals surface area contributed by atoms with Crippen LogP contribution in [0.4, 0.5) is 0 Å². The van der Waals surface area contributed by atoms with Crippen LogP contribution in [0, 0.1) is 0 Å². The lowest BCUT2D eigenvalue weighted by molar-refractivity contribution is 0.110. The fraction of sp³-hybridized carbons (Fsp3) is 0.625. The first-order valence-corrected chi connectivity index (χ1v) is 7.24. The predicted octanol–water partition coefficient (Wildman–Crippen LogP) is 3.68. The first kappa shape index (κ1) is 13.6. The molecule has 18 heavy (non-hydrogen) atoms. The molecule has 1 saturated heterocycles. The molecule has 0 saturated carbocycles. The number of rotatable bonds is 6. The average molecular weight is 247 g/mol. The molecule has 2 rings (SSSR count). The third-order valence-corrected chi connectivity index (χ3v) is 3.84. The normalized spacial score (nSPS) is 25.2.